The van der Waals surface area contributed by atoms with Gasteiger partial charge in [0.15, 0.2) is 5.54 Å². The number of carbonyl (C=O) groups is 1. The minimum atomic E-state index is -9.87. The van der Waals surface area contributed by atoms with Crippen molar-refractivity contribution in [3.05, 3.63) is 58.1 Å². The molecule has 2 aromatic rings. The fraction of sp³-hybridized carbons (Fsp3) is 0.211. The van der Waals surface area contributed by atoms with Gasteiger partial charge in [-0.15, -0.1) is 0 Å². The first-order valence-corrected chi connectivity index (χ1v) is 10.9. The number of nitrogens with zero attached hydrogens (tertiary/aromatic N) is 2. The van der Waals surface area contributed by atoms with Crippen LogP contribution in [0, 0.1) is 22.7 Å². The SMILES string of the molecule is C[C@@](C#N)(NC(=O)c1ccc(S(F)(F)(F)(F)F)cc1)[C@H]1Cc2cc(C#N)cc(Cl)c2O1. The molecule has 1 aliphatic rings. The van der Waals surface area contributed by atoms with Gasteiger partial charge in [-0.3, -0.25) is 4.79 Å². The summed E-state index contributed by atoms with van der Waals surface area (Å²) < 4.78 is 69.9. The number of hydrogen-bond donors (Lipinski definition) is 1. The third-order valence-electron chi connectivity index (χ3n) is 4.73. The fourth-order valence-electron chi connectivity index (χ4n) is 3.06. The molecular weight excluding hydrogens is 465 g/mol. The summed E-state index contributed by atoms with van der Waals surface area (Å²) in [6.45, 7) is 1.34. The molecule has 31 heavy (non-hydrogen) atoms. The van der Waals surface area contributed by atoms with E-state index in [0.717, 1.165) is 0 Å². The van der Waals surface area contributed by atoms with Crippen molar-refractivity contribution in [1.29, 1.82) is 10.5 Å². The molecule has 1 heterocycles. The van der Waals surface area contributed by atoms with Crippen LogP contribution >= 0.6 is 21.8 Å². The average molecular weight is 478 g/mol. The summed E-state index contributed by atoms with van der Waals surface area (Å²) in [5.74, 6) is -0.706. The van der Waals surface area contributed by atoms with Crippen molar-refractivity contribution in [2.75, 3.05) is 0 Å². The Balaban J connectivity index is 1.83. The predicted octanol–water partition coefficient (Wildman–Crippen LogP) is 5.88. The third-order valence-corrected chi connectivity index (χ3v) is 6.17. The molecule has 0 unspecified atom stereocenters. The lowest BCUT2D eigenvalue weighted by Gasteiger charge is -2.40. The minimum absolute atomic E-state index is 0.116. The van der Waals surface area contributed by atoms with Crippen LogP contribution in [0.3, 0.4) is 0 Å². The van der Waals surface area contributed by atoms with Gasteiger partial charge in [-0.2, -0.15) is 10.5 Å². The Morgan fingerprint density at radius 1 is 1.19 bits per heavy atom. The van der Waals surface area contributed by atoms with Crippen LogP contribution in [0.1, 0.15) is 28.4 Å². The Morgan fingerprint density at radius 3 is 2.32 bits per heavy atom. The van der Waals surface area contributed by atoms with Crippen LogP contribution < -0.4 is 10.1 Å². The molecule has 5 nitrogen and oxygen atoms in total. The number of benzene rings is 2. The standard InChI is InChI=1S/C19H13ClF5N3O2S/c1-19(10-27,16-8-13-6-11(9-26)7-15(20)17(13)30-16)28-18(29)12-2-4-14(5-3-12)31(21,22,23,24)25/h2-7,16H,8H2,1H3,(H,28,29)/t16-,19+/m1/s1. The highest BCUT2D eigenvalue weighted by atomic mass is 35.5. The van der Waals surface area contributed by atoms with Crippen LogP contribution in [0.25, 0.3) is 0 Å². The molecule has 0 saturated carbocycles. The summed E-state index contributed by atoms with van der Waals surface area (Å²) in [6, 6.07) is 8.16. The number of rotatable bonds is 4. The monoisotopic (exact) mass is 477 g/mol. The lowest BCUT2D eigenvalue weighted by molar-refractivity contribution is 0.0841. The third kappa shape index (κ3) is 4.53. The van der Waals surface area contributed by atoms with E-state index in [1.807, 2.05) is 12.1 Å². The number of hydrogen-bond acceptors (Lipinski definition) is 4. The lowest BCUT2D eigenvalue weighted by atomic mass is 9.92. The molecule has 0 saturated heterocycles. The summed E-state index contributed by atoms with van der Waals surface area (Å²) in [5, 5.41) is 21.2. The smallest absolute Gasteiger partial charge is 0.310 e. The van der Waals surface area contributed by atoms with Crippen molar-refractivity contribution in [3.63, 3.8) is 0 Å². The molecule has 0 aliphatic carbocycles. The van der Waals surface area contributed by atoms with Crippen LogP contribution in [0.15, 0.2) is 41.3 Å². The highest BCUT2D eigenvalue weighted by Gasteiger charge is 2.65. The van der Waals surface area contributed by atoms with Gasteiger partial charge in [0.1, 0.15) is 16.7 Å². The molecule has 0 aromatic heterocycles. The molecule has 1 N–H and O–H groups in total. The van der Waals surface area contributed by atoms with Gasteiger partial charge in [-0.05, 0) is 43.3 Å². The second kappa shape index (κ2) is 6.49. The number of carbonyl (C=O) groups excluding carboxylic acids is 1. The van der Waals surface area contributed by atoms with Crippen molar-refractivity contribution in [1.82, 2.24) is 5.32 Å². The second-order valence-corrected chi connectivity index (χ2v) is 9.95. The van der Waals surface area contributed by atoms with Crippen LogP contribution in [0.2, 0.25) is 5.02 Å². The average Bonchev–Trinajstić information content (AvgIpc) is 3.11. The van der Waals surface area contributed by atoms with Crippen LogP contribution in [-0.2, 0) is 6.42 Å². The molecule has 0 bridgehead atoms. The number of halogens is 6. The second-order valence-electron chi connectivity index (χ2n) is 7.13. The van der Waals surface area contributed by atoms with Gasteiger partial charge in [0.2, 0.25) is 0 Å². The number of ether oxygens (including phenoxy) is 1. The Morgan fingerprint density at radius 2 is 1.81 bits per heavy atom. The van der Waals surface area contributed by atoms with Gasteiger partial charge < -0.3 is 10.1 Å². The van der Waals surface area contributed by atoms with Gasteiger partial charge in [0.25, 0.3) is 5.91 Å². The van der Waals surface area contributed by atoms with Gasteiger partial charge in [-0.1, -0.05) is 31.0 Å². The number of fused-ring (bicyclic) bond motifs is 1. The maximum atomic E-state index is 12.8. The van der Waals surface area contributed by atoms with Gasteiger partial charge >= 0.3 is 10.2 Å². The molecule has 1 aliphatic heterocycles. The van der Waals surface area contributed by atoms with E-state index >= 15 is 0 Å². The molecule has 0 fully saturated rings. The van der Waals surface area contributed by atoms with Crippen molar-refractivity contribution >= 4 is 27.7 Å². The molecule has 3 rings (SSSR count). The zero-order valence-corrected chi connectivity index (χ0v) is 17.2. The highest BCUT2D eigenvalue weighted by molar-refractivity contribution is 8.45. The van der Waals surface area contributed by atoms with E-state index in [4.69, 9.17) is 21.6 Å². The van der Waals surface area contributed by atoms with E-state index in [1.165, 1.54) is 19.1 Å². The van der Waals surface area contributed by atoms with Gasteiger partial charge in [-0.25, -0.2) is 0 Å². The Hall–Kier alpha value is -3.02. The molecule has 0 spiro atoms. The minimum Gasteiger partial charge on any atom is -0.485 e. The summed E-state index contributed by atoms with van der Waals surface area (Å²) in [6.07, 6.45) is -0.801. The zero-order chi connectivity index (χ0) is 23.3. The maximum Gasteiger partial charge on any atom is 0.310 e. The van der Waals surface area contributed by atoms with Crippen molar-refractivity contribution in [2.24, 2.45) is 0 Å². The summed E-state index contributed by atoms with van der Waals surface area (Å²) in [7, 11) is -9.87. The largest absolute Gasteiger partial charge is 0.485 e. The molecule has 0 radical (unpaired) electrons. The number of amides is 1. The molecule has 2 atom stereocenters. The number of nitrogens with one attached hydrogen (secondary N) is 1. The van der Waals surface area contributed by atoms with E-state index < -0.39 is 32.7 Å². The molecule has 12 heteroatoms. The van der Waals surface area contributed by atoms with Gasteiger partial charge in [0, 0.05) is 17.5 Å². The zero-order valence-electron chi connectivity index (χ0n) is 15.6. The maximum absolute atomic E-state index is 12.8. The van der Waals surface area contributed by atoms with Gasteiger partial charge in [0.05, 0.1) is 22.7 Å². The Bertz CT molecular complexity index is 1170. The molecule has 164 valence electrons. The van der Waals surface area contributed by atoms with Crippen molar-refractivity contribution < 1.29 is 29.0 Å². The quantitative estimate of drug-likeness (QED) is 0.557. The first-order chi connectivity index (χ1) is 14.1. The molecule has 2 aromatic carbocycles. The molecular formula is C19H13ClF5N3O2S. The van der Waals surface area contributed by atoms with E-state index in [0.29, 0.717) is 17.7 Å². The Labute approximate surface area is 178 Å². The van der Waals surface area contributed by atoms with Crippen LogP contribution in [-0.4, -0.2) is 17.6 Å². The van der Waals surface area contributed by atoms with Crippen molar-refractivity contribution in [3.8, 4) is 17.9 Å². The van der Waals surface area contributed by atoms with Crippen LogP contribution in [0.5, 0.6) is 5.75 Å². The number of nitriles is 2. The van der Waals surface area contributed by atoms with E-state index in [1.54, 1.807) is 0 Å². The molecule has 1 amide bonds. The van der Waals surface area contributed by atoms with Crippen molar-refractivity contribution in [2.45, 2.75) is 29.9 Å². The summed E-state index contributed by atoms with van der Waals surface area (Å²) in [4.78, 5) is 10.4. The first-order valence-electron chi connectivity index (χ1n) is 8.53. The van der Waals surface area contributed by atoms with Crippen LogP contribution in [0.4, 0.5) is 19.4 Å². The predicted molar refractivity (Wildman–Crippen MR) is 104 cm³/mol. The normalized spacial score (nSPS) is 19.5. The van der Waals surface area contributed by atoms with E-state index in [-0.39, 0.29) is 40.5 Å². The topological polar surface area (TPSA) is 85.9 Å². The van der Waals surface area contributed by atoms with E-state index in [9.17, 15) is 29.5 Å². The summed E-state index contributed by atoms with van der Waals surface area (Å²) in [5.41, 5.74) is -1.18. The lowest BCUT2D eigenvalue weighted by Crippen LogP contribution is -2.55. The van der Waals surface area contributed by atoms with E-state index in [2.05, 4.69) is 5.32 Å². The summed E-state index contributed by atoms with van der Waals surface area (Å²) >= 11 is 6.09. The highest BCUT2D eigenvalue weighted by Crippen LogP contribution is 3.02. The first kappa shape index (κ1) is 22.7. The Kier molecular flexibility index (Phi) is 4.74. The fourth-order valence-corrected chi connectivity index (χ4v) is 3.99.